The van der Waals surface area contributed by atoms with Gasteiger partial charge < -0.3 is 5.11 Å². The van der Waals surface area contributed by atoms with Crippen LogP contribution in [-0.2, 0) is 25.8 Å². The van der Waals surface area contributed by atoms with E-state index >= 15 is 0 Å². The van der Waals surface area contributed by atoms with Gasteiger partial charge in [0.05, 0.1) is 11.3 Å². The number of aryl methyl sites for hydroxylation is 3. The first kappa shape index (κ1) is 21.4. The zero-order valence-corrected chi connectivity index (χ0v) is 18.1. The van der Waals surface area contributed by atoms with E-state index in [1.54, 1.807) is 24.4 Å². The second-order valence-electron chi connectivity index (χ2n) is 7.73. The molecule has 6 heteroatoms. The molecule has 0 aliphatic heterocycles. The smallest absolute Gasteiger partial charge is 0.336 e. The van der Waals surface area contributed by atoms with Crippen molar-refractivity contribution in [3.8, 4) is 11.3 Å². The van der Waals surface area contributed by atoms with Gasteiger partial charge in [0.25, 0.3) is 0 Å². The highest BCUT2D eigenvalue weighted by molar-refractivity contribution is 5.95. The molecule has 0 radical (unpaired) electrons. The SMILES string of the molecule is CCCn1nc(CCc2ccccc2)nc1Cc1ccc(-c2ccccc2C(=O)O)nc1. The topological polar surface area (TPSA) is 80.9 Å². The molecule has 6 nitrogen and oxygen atoms in total. The van der Waals surface area contributed by atoms with E-state index in [-0.39, 0.29) is 5.56 Å². The molecule has 0 bridgehead atoms. The minimum Gasteiger partial charge on any atom is -0.478 e. The Bertz CT molecular complexity index is 1180. The van der Waals surface area contributed by atoms with Crippen molar-refractivity contribution in [2.24, 2.45) is 0 Å². The summed E-state index contributed by atoms with van der Waals surface area (Å²) in [6.45, 7) is 2.95. The van der Waals surface area contributed by atoms with E-state index in [0.717, 1.165) is 43.0 Å². The molecule has 0 unspecified atom stereocenters. The summed E-state index contributed by atoms with van der Waals surface area (Å²) in [5.74, 6) is 0.829. The van der Waals surface area contributed by atoms with Crippen LogP contribution in [0.1, 0.15) is 46.5 Å². The Morgan fingerprint density at radius 3 is 2.44 bits per heavy atom. The maximum Gasteiger partial charge on any atom is 0.336 e. The maximum absolute atomic E-state index is 11.5. The van der Waals surface area contributed by atoms with Crippen LogP contribution in [0.3, 0.4) is 0 Å². The van der Waals surface area contributed by atoms with Gasteiger partial charge in [-0.25, -0.2) is 14.5 Å². The van der Waals surface area contributed by atoms with Crippen molar-refractivity contribution in [1.29, 1.82) is 0 Å². The standard InChI is InChI=1S/C26H26N4O2/c1-2-16-30-25(28-24(29-30)15-13-19-8-4-3-5-9-19)17-20-12-14-23(27-18-20)21-10-6-7-11-22(21)26(31)32/h3-12,14,18H,2,13,15-17H2,1H3,(H,31,32). The van der Waals surface area contributed by atoms with Gasteiger partial charge in [0.1, 0.15) is 5.82 Å². The molecule has 0 atom stereocenters. The number of pyridine rings is 1. The van der Waals surface area contributed by atoms with Crippen LogP contribution in [0.25, 0.3) is 11.3 Å². The Balaban J connectivity index is 1.51. The number of carboxylic acids is 1. The zero-order valence-electron chi connectivity index (χ0n) is 18.1. The van der Waals surface area contributed by atoms with Crippen LogP contribution in [0.5, 0.6) is 0 Å². The van der Waals surface area contributed by atoms with Gasteiger partial charge in [-0.1, -0.05) is 61.5 Å². The number of nitrogens with zero attached hydrogens (tertiary/aromatic N) is 4. The van der Waals surface area contributed by atoms with Crippen LogP contribution in [0.15, 0.2) is 72.9 Å². The van der Waals surface area contributed by atoms with Crippen molar-refractivity contribution in [1.82, 2.24) is 19.7 Å². The third-order valence-electron chi connectivity index (χ3n) is 5.33. The second kappa shape index (κ2) is 10.0. The highest BCUT2D eigenvalue weighted by Gasteiger charge is 2.14. The summed E-state index contributed by atoms with van der Waals surface area (Å²) in [6.07, 6.45) is 5.12. The van der Waals surface area contributed by atoms with Crippen LogP contribution in [0.4, 0.5) is 0 Å². The van der Waals surface area contributed by atoms with Gasteiger partial charge in [0.2, 0.25) is 0 Å². The molecule has 0 spiro atoms. The van der Waals surface area contributed by atoms with Gasteiger partial charge in [-0.05, 0) is 36.1 Å². The molecule has 0 amide bonds. The molecular weight excluding hydrogens is 400 g/mol. The minimum absolute atomic E-state index is 0.249. The van der Waals surface area contributed by atoms with Crippen molar-refractivity contribution in [2.45, 2.75) is 39.2 Å². The number of carbonyl (C=O) groups is 1. The first-order chi connectivity index (χ1) is 15.6. The Morgan fingerprint density at radius 1 is 0.938 bits per heavy atom. The summed E-state index contributed by atoms with van der Waals surface area (Å²) in [6, 6.07) is 21.1. The average molecular weight is 427 g/mol. The molecule has 2 heterocycles. The zero-order chi connectivity index (χ0) is 22.3. The average Bonchev–Trinajstić information content (AvgIpc) is 3.20. The molecular formula is C26H26N4O2. The Kier molecular flexibility index (Phi) is 6.70. The van der Waals surface area contributed by atoms with Crippen LogP contribution in [0.2, 0.25) is 0 Å². The lowest BCUT2D eigenvalue weighted by Crippen LogP contribution is -2.06. The normalized spacial score (nSPS) is 10.9. The summed E-state index contributed by atoms with van der Waals surface area (Å²) in [5.41, 5.74) is 3.80. The first-order valence-corrected chi connectivity index (χ1v) is 10.9. The van der Waals surface area contributed by atoms with Gasteiger partial charge in [0.15, 0.2) is 5.82 Å². The largest absolute Gasteiger partial charge is 0.478 e. The molecule has 0 aliphatic carbocycles. The fourth-order valence-corrected chi connectivity index (χ4v) is 3.72. The van der Waals surface area contributed by atoms with Gasteiger partial charge >= 0.3 is 5.97 Å². The van der Waals surface area contributed by atoms with E-state index in [0.29, 0.717) is 17.7 Å². The Hall–Kier alpha value is -3.80. The summed E-state index contributed by atoms with van der Waals surface area (Å²) >= 11 is 0. The lowest BCUT2D eigenvalue weighted by molar-refractivity contribution is 0.0697. The molecule has 0 saturated heterocycles. The summed E-state index contributed by atoms with van der Waals surface area (Å²) < 4.78 is 1.99. The fourth-order valence-electron chi connectivity index (χ4n) is 3.72. The van der Waals surface area contributed by atoms with E-state index in [1.807, 2.05) is 28.9 Å². The monoisotopic (exact) mass is 426 g/mol. The highest BCUT2D eigenvalue weighted by Crippen LogP contribution is 2.22. The molecule has 1 N–H and O–H groups in total. The van der Waals surface area contributed by atoms with Crippen molar-refractivity contribution in [3.63, 3.8) is 0 Å². The molecule has 0 fully saturated rings. The van der Waals surface area contributed by atoms with Crippen molar-refractivity contribution in [2.75, 3.05) is 0 Å². The number of aromatic carboxylic acids is 1. The molecule has 4 aromatic rings. The van der Waals surface area contributed by atoms with Crippen LogP contribution in [-0.4, -0.2) is 30.8 Å². The van der Waals surface area contributed by atoms with Crippen molar-refractivity contribution >= 4 is 5.97 Å². The lowest BCUT2D eigenvalue weighted by atomic mass is 10.0. The predicted octanol–water partition coefficient (Wildman–Crippen LogP) is 4.82. The molecule has 32 heavy (non-hydrogen) atoms. The predicted molar refractivity (Wildman–Crippen MR) is 124 cm³/mol. The quantitative estimate of drug-likeness (QED) is 0.415. The van der Waals surface area contributed by atoms with Crippen molar-refractivity contribution in [3.05, 3.63) is 101 Å². The lowest BCUT2D eigenvalue weighted by Gasteiger charge is -2.07. The fraction of sp³-hybridized carbons (Fsp3) is 0.231. The first-order valence-electron chi connectivity index (χ1n) is 10.9. The molecule has 2 aromatic heterocycles. The van der Waals surface area contributed by atoms with E-state index in [9.17, 15) is 9.90 Å². The van der Waals surface area contributed by atoms with E-state index in [1.165, 1.54) is 5.56 Å². The minimum atomic E-state index is -0.956. The molecule has 0 saturated carbocycles. The molecule has 0 aliphatic rings. The Labute approximate surface area is 187 Å². The van der Waals surface area contributed by atoms with Crippen LogP contribution in [0, 0.1) is 0 Å². The van der Waals surface area contributed by atoms with Gasteiger partial charge in [-0.15, -0.1) is 0 Å². The summed E-state index contributed by atoms with van der Waals surface area (Å²) in [5, 5.41) is 14.2. The van der Waals surface area contributed by atoms with E-state index in [4.69, 9.17) is 10.1 Å². The third kappa shape index (κ3) is 5.09. The van der Waals surface area contributed by atoms with Crippen LogP contribution >= 0.6 is 0 Å². The number of rotatable bonds is 9. The van der Waals surface area contributed by atoms with Gasteiger partial charge in [-0.3, -0.25) is 4.98 Å². The maximum atomic E-state index is 11.5. The van der Waals surface area contributed by atoms with Crippen LogP contribution < -0.4 is 0 Å². The number of hydrogen-bond acceptors (Lipinski definition) is 4. The highest BCUT2D eigenvalue weighted by atomic mass is 16.4. The van der Waals surface area contributed by atoms with Crippen molar-refractivity contribution < 1.29 is 9.90 Å². The second-order valence-corrected chi connectivity index (χ2v) is 7.73. The van der Waals surface area contributed by atoms with Gasteiger partial charge in [0, 0.05) is 31.1 Å². The summed E-state index contributed by atoms with van der Waals surface area (Å²) in [4.78, 5) is 20.8. The molecule has 162 valence electrons. The Morgan fingerprint density at radius 2 is 1.72 bits per heavy atom. The van der Waals surface area contributed by atoms with E-state index in [2.05, 4.69) is 36.2 Å². The van der Waals surface area contributed by atoms with Gasteiger partial charge in [-0.2, -0.15) is 5.10 Å². The number of hydrogen-bond donors (Lipinski definition) is 1. The molecule has 2 aromatic carbocycles. The van der Waals surface area contributed by atoms with E-state index < -0.39 is 5.97 Å². The number of benzene rings is 2. The number of aromatic nitrogens is 4. The molecule has 4 rings (SSSR count). The summed E-state index contributed by atoms with van der Waals surface area (Å²) in [7, 11) is 0. The third-order valence-corrected chi connectivity index (χ3v) is 5.33. The number of carboxylic acid groups (broad SMARTS) is 1.